The minimum Gasteiger partial charge on any atom is -0.481 e. The van der Waals surface area contributed by atoms with Gasteiger partial charge in [-0.3, -0.25) is 4.79 Å². The van der Waals surface area contributed by atoms with Crippen molar-refractivity contribution in [1.29, 1.82) is 0 Å². The largest absolute Gasteiger partial charge is 0.481 e. The molecule has 1 N–H and O–H groups in total. The van der Waals surface area contributed by atoms with E-state index in [1.807, 2.05) is 6.92 Å². The first-order valence-electron chi connectivity index (χ1n) is 8.03. The highest BCUT2D eigenvalue weighted by Crippen LogP contribution is 2.17. The Bertz CT molecular complexity index is 643. The average molecular weight is 350 g/mol. The van der Waals surface area contributed by atoms with E-state index < -0.39 is 6.10 Å². The van der Waals surface area contributed by atoms with E-state index in [1.54, 1.807) is 36.4 Å². The molecule has 128 valence electrons. The van der Waals surface area contributed by atoms with Gasteiger partial charge in [0.15, 0.2) is 6.10 Å². The smallest absolute Gasteiger partial charge is 0.261 e. The summed E-state index contributed by atoms with van der Waals surface area (Å²) in [4.78, 5) is 12.2. The molecule has 0 bridgehead atoms. The molecule has 3 nitrogen and oxygen atoms in total. The van der Waals surface area contributed by atoms with Crippen molar-refractivity contribution >= 4 is 17.5 Å². The molecule has 0 unspecified atom stereocenters. The summed E-state index contributed by atoms with van der Waals surface area (Å²) in [5.41, 5.74) is 1.05. The van der Waals surface area contributed by atoms with E-state index in [0.717, 1.165) is 18.4 Å². The first-order chi connectivity index (χ1) is 11.6. The number of carbonyl (C=O) groups is 1. The van der Waals surface area contributed by atoms with Crippen LogP contribution < -0.4 is 10.1 Å². The molecule has 0 saturated carbocycles. The van der Waals surface area contributed by atoms with Crippen LogP contribution in [-0.2, 0) is 11.2 Å². The van der Waals surface area contributed by atoms with Gasteiger partial charge in [-0.25, -0.2) is 4.39 Å². The topological polar surface area (TPSA) is 38.3 Å². The third-order valence-electron chi connectivity index (χ3n) is 3.61. The predicted molar refractivity (Wildman–Crippen MR) is 93.9 cm³/mol. The third kappa shape index (κ3) is 5.85. The van der Waals surface area contributed by atoms with Crippen LogP contribution in [0.2, 0.25) is 5.02 Å². The molecule has 5 heteroatoms. The number of nitrogens with one attached hydrogen (secondary N) is 1. The van der Waals surface area contributed by atoms with Crippen LogP contribution in [0, 0.1) is 5.82 Å². The summed E-state index contributed by atoms with van der Waals surface area (Å²) in [6.07, 6.45) is 1.62. The second-order valence-electron chi connectivity index (χ2n) is 5.49. The van der Waals surface area contributed by atoms with Gasteiger partial charge in [-0.1, -0.05) is 30.7 Å². The van der Waals surface area contributed by atoms with Crippen molar-refractivity contribution in [1.82, 2.24) is 5.32 Å². The molecule has 0 aliphatic heterocycles. The standard InChI is InChI=1S/C19H21ClFNO2/c1-2-18(24-17-11-7-15(20)8-12-17)19(23)22-13-3-4-14-5-9-16(21)10-6-14/h5-12,18H,2-4,13H2,1H3,(H,22,23)/t18-/m1/s1. The van der Waals surface area contributed by atoms with Crippen LogP contribution in [-0.4, -0.2) is 18.6 Å². The van der Waals surface area contributed by atoms with E-state index in [0.29, 0.717) is 23.7 Å². The molecule has 0 radical (unpaired) electrons. The normalized spacial score (nSPS) is 11.8. The van der Waals surface area contributed by atoms with Crippen molar-refractivity contribution in [3.8, 4) is 5.75 Å². The zero-order chi connectivity index (χ0) is 17.4. The maximum atomic E-state index is 12.8. The lowest BCUT2D eigenvalue weighted by Gasteiger charge is -2.17. The molecule has 0 heterocycles. The molecule has 0 fully saturated rings. The zero-order valence-corrected chi connectivity index (χ0v) is 14.4. The van der Waals surface area contributed by atoms with E-state index in [1.165, 1.54) is 12.1 Å². The Kier molecular flexibility index (Phi) is 7.07. The maximum absolute atomic E-state index is 12.8. The van der Waals surface area contributed by atoms with Gasteiger partial charge in [0.25, 0.3) is 5.91 Å². The minimum absolute atomic E-state index is 0.133. The van der Waals surface area contributed by atoms with E-state index in [9.17, 15) is 9.18 Å². The Balaban J connectivity index is 1.75. The molecule has 0 aliphatic rings. The Morgan fingerprint density at radius 1 is 1.17 bits per heavy atom. The van der Waals surface area contributed by atoms with Crippen molar-refractivity contribution in [2.75, 3.05) is 6.54 Å². The highest BCUT2D eigenvalue weighted by molar-refractivity contribution is 6.30. The molecule has 2 aromatic rings. The number of hydrogen-bond donors (Lipinski definition) is 1. The van der Waals surface area contributed by atoms with Crippen molar-refractivity contribution in [3.63, 3.8) is 0 Å². The molecule has 1 amide bonds. The molecule has 2 aromatic carbocycles. The lowest BCUT2D eigenvalue weighted by atomic mass is 10.1. The maximum Gasteiger partial charge on any atom is 0.261 e. The van der Waals surface area contributed by atoms with Crippen LogP contribution in [0.5, 0.6) is 5.75 Å². The number of rotatable bonds is 8. The van der Waals surface area contributed by atoms with Crippen molar-refractivity contribution in [3.05, 3.63) is 64.9 Å². The molecule has 2 rings (SSSR count). The van der Waals surface area contributed by atoms with Crippen LogP contribution in [0.25, 0.3) is 0 Å². The van der Waals surface area contributed by atoms with Crippen LogP contribution in [0.4, 0.5) is 4.39 Å². The number of benzene rings is 2. The Labute approximate surface area is 146 Å². The van der Waals surface area contributed by atoms with Gasteiger partial charge in [-0.15, -0.1) is 0 Å². The summed E-state index contributed by atoms with van der Waals surface area (Å²) < 4.78 is 18.5. The summed E-state index contributed by atoms with van der Waals surface area (Å²) in [6.45, 7) is 2.45. The Morgan fingerprint density at radius 3 is 2.46 bits per heavy atom. The van der Waals surface area contributed by atoms with Gasteiger partial charge in [-0.2, -0.15) is 0 Å². The number of ether oxygens (including phenoxy) is 1. The van der Waals surface area contributed by atoms with Crippen LogP contribution in [0.3, 0.4) is 0 Å². The van der Waals surface area contributed by atoms with Gasteiger partial charge < -0.3 is 10.1 Å². The van der Waals surface area contributed by atoms with Gasteiger partial charge in [0.05, 0.1) is 0 Å². The van der Waals surface area contributed by atoms with Gasteiger partial charge in [0, 0.05) is 11.6 Å². The highest BCUT2D eigenvalue weighted by Gasteiger charge is 2.17. The first kappa shape index (κ1) is 18.3. The first-order valence-corrected chi connectivity index (χ1v) is 8.40. The minimum atomic E-state index is -0.531. The molecular weight excluding hydrogens is 329 g/mol. The Morgan fingerprint density at radius 2 is 1.83 bits per heavy atom. The van der Waals surface area contributed by atoms with Gasteiger partial charge in [-0.05, 0) is 61.2 Å². The van der Waals surface area contributed by atoms with E-state index in [-0.39, 0.29) is 11.7 Å². The summed E-state index contributed by atoms with van der Waals surface area (Å²) in [7, 11) is 0. The van der Waals surface area contributed by atoms with Crippen molar-refractivity contribution in [2.45, 2.75) is 32.3 Å². The number of hydrogen-bond acceptors (Lipinski definition) is 2. The van der Waals surface area contributed by atoms with E-state index in [4.69, 9.17) is 16.3 Å². The highest BCUT2D eigenvalue weighted by atomic mass is 35.5. The molecule has 0 aromatic heterocycles. The zero-order valence-electron chi connectivity index (χ0n) is 13.6. The van der Waals surface area contributed by atoms with Gasteiger partial charge in [0.1, 0.15) is 11.6 Å². The van der Waals surface area contributed by atoms with E-state index >= 15 is 0 Å². The fourth-order valence-electron chi connectivity index (χ4n) is 2.27. The number of halogens is 2. The van der Waals surface area contributed by atoms with Crippen LogP contribution in [0.1, 0.15) is 25.3 Å². The second-order valence-corrected chi connectivity index (χ2v) is 5.93. The van der Waals surface area contributed by atoms with Gasteiger partial charge >= 0.3 is 0 Å². The molecule has 0 aliphatic carbocycles. The monoisotopic (exact) mass is 349 g/mol. The second kappa shape index (κ2) is 9.28. The lowest BCUT2D eigenvalue weighted by Crippen LogP contribution is -2.38. The summed E-state index contributed by atoms with van der Waals surface area (Å²) in [5, 5.41) is 3.51. The Hall–Kier alpha value is -2.07. The SMILES string of the molecule is CC[C@@H](Oc1ccc(Cl)cc1)C(=O)NCCCc1ccc(F)cc1. The van der Waals surface area contributed by atoms with Crippen molar-refractivity contribution < 1.29 is 13.9 Å². The summed E-state index contributed by atoms with van der Waals surface area (Å²) in [5.74, 6) is 0.247. The van der Waals surface area contributed by atoms with Crippen LogP contribution in [0.15, 0.2) is 48.5 Å². The lowest BCUT2D eigenvalue weighted by molar-refractivity contribution is -0.128. The molecule has 0 saturated heterocycles. The molecule has 1 atom stereocenters. The number of aryl methyl sites for hydroxylation is 1. The fourth-order valence-corrected chi connectivity index (χ4v) is 2.39. The molecule has 24 heavy (non-hydrogen) atoms. The van der Waals surface area contributed by atoms with Gasteiger partial charge in [0.2, 0.25) is 0 Å². The summed E-state index contributed by atoms with van der Waals surface area (Å²) >= 11 is 5.83. The summed E-state index contributed by atoms with van der Waals surface area (Å²) in [6, 6.07) is 13.3. The number of amides is 1. The molecular formula is C19H21ClFNO2. The average Bonchev–Trinajstić information content (AvgIpc) is 2.59. The van der Waals surface area contributed by atoms with Crippen LogP contribution >= 0.6 is 11.6 Å². The molecule has 0 spiro atoms. The fraction of sp³-hybridized carbons (Fsp3) is 0.316. The van der Waals surface area contributed by atoms with Crippen molar-refractivity contribution in [2.24, 2.45) is 0 Å². The predicted octanol–water partition coefficient (Wildman–Crippen LogP) is 4.39. The van der Waals surface area contributed by atoms with E-state index in [2.05, 4.69) is 5.32 Å². The third-order valence-corrected chi connectivity index (χ3v) is 3.86. The number of carbonyl (C=O) groups excluding carboxylic acids is 1. The quantitative estimate of drug-likeness (QED) is 0.718.